The highest BCUT2D eigenvalue weighted by atomic mass is 16.5. The monoisotopic (exact) mass is 240 g/mol. The van der Waals surface area contributed by atoms with E-state index in [0.717, 1.165) is 23.3 Å². The number of rotatable bonds is 5. The Balaban J connectivity index is 1.97. The molecule has 90 valence electrons. The average molecular weight is 240 g/mol. The van der Waals surface area contributed by atoms with Crippen molar-refractivity contribution in [2.75, 3.05) is 6.54 Å². The Hall–Kier alpha value is -2.52. The summed E-state index contributed by atoms with van der Waals surface area (Å²) in [7, 11) is 0. The molecule has 0 spiro atoms. The minimum absolute atomic E-state index is 0.489. The van der Waals surface area contributed by atoms with Gasteiger partial charge in [-0.1, -0.05) is 46.7 Å². The zero-order valence-corrected chi connectivity index (χ0v) is 9.73. The molecule has 0 saturated carbocycles. The molecule has 0 aliphatic carbocycles. The summed E-state index contributed by atoms with van der Waals surface area (Å²) in [6.07, 6.45) is 6.35. The average Bonchev–Trinajstić information content (AvgIpc) is 2.93. The number of benzene rings is 1. The van der Waals surface area contributed by atoms with Gasteiger partial charge in [0.05, 0.1) is 6.20 Å². The van der Waals surface area contributed by atoms with Gasteiger partial charge in [0.15, 0.2) is 5.76 Å². The first kappa shape index (κ1) is 12.0. The smallest absolute Gasteiger partial charge is 0.166 e. The second-order valence-corrected chi connectivity index (χ2v) is 3.64. The molecule has 2 rings (SSSR count). The van der Waals surface area contributed by atoms with E-state index in [1.807, 2.05) is 42.5 Å². The van der Waals surface area contributed by atoms with Crippen molar-refractivity contribution >= 4 is 6.08 Å². The Kier molecular flexibility index (Phi) is 4.16. The maximum atomic E-state index is 8.12. The Morgan fingerprint density at radius 2 is 2.11 bits per heavy atom. The predicted molar refractivity (Wildman–Crippen MR) is 69.6 cm³/mol. The second-order valence-electron chi connectivity index (χ2n) is 3.64. The summed E-state index contributed by atoms with van der Waals surface area (Å²) in [4.78, 5) is 2.70. The van der Waals surface area contributed by atoms with Crippen molar-refractivity contribution in [3.05, 3.63) is 58.6 Å². The van der Waals surface area contributed by atoms with Gasteiger partial charge in [-0.2, -0.15) is 0 Å². The van der Waals surface area contributed by atoms with Crippen LogP contribution in [0.5, 0.6) is 0 Å². The van der Waals surface area contributed by atoms with Crippen LogP contribution in [-0.2, 0) is 0 Å². The van der Waals surface area contributed by atoms with Gasteiger partial charge in [-0.25, -0.2) is 0 Å². The first-order chi connectivity index (χ1) is 8.90. The van der Waals surface area contributed by atoms with Crippen LogP contribution in [0.3, 0.4) is 0 Å². The molecule has 18 heavy (non-hydrogen) atoms. The predicted octanol–water partition coefficient (Wildman–Crippen LogP) is 4.06. The lowest BCUT2D eigenvalue weighted by Crippen LogP contribution is -1.77. The van der Waals surface area contributed by atoms with E-state index in [1.165, 1.54) is 0 Å². The number of hydrogen-bond donors (Lipinski definition) is 0. The van der Waals surface area contributed by atoms with E-state index < -0.39 is 0 Å². The van der Waals surface area contributed by atoms with Gasteiger partial charge in [0, 0.05) is 23.1 Å². The summed E-state index contributed by atoms with van der Waals surface area (Å²) < 4.78 is 5.07. The maximum Gasteiger partial charge on any atom is 0.166 e. The molecule has 0 radical (unpaired) electrons. The molecule has 2 aromatic rings. The van der Waals surface area contributed by atoms with Gasteiger partial charge in [0.2, 0.25) is 0 Å². The van der Waals surface area contributed by atoms with Gasteiger partial charge in [0.1, 0.15) is 0 Å². The lowest BCUT2D eigenvalue weighted by atomic mass is 10.1. The van der Waals surface area contributed by atoms with Crippen molar-refractivity contribution in [3.8, 4) is 11.3 Å². The van der Waals surface area contributed by atoms with Crippen LogP contribution in [-0.4, -0.2) is 11.7 Å². The summed E-state index contributed by atoms with van der Waals surface area (Å²) in [6.45, 7) is 0.489. The van der Waals surface area contributed by atoms with E-state index in [9.17, 15) is 0 Å². The van der Waals surface area contributed by atoms with Gasteiger partial charge in [-0.3, -0.25) is 0 Å². The lowest BCUT2D eigenvalue weighted by Gasteiger charge is -1.97. The molecule has 1 heterocycles. The third kappa shape index (κ3) is 3.23. The van der Waals surface area contributed by atoms with Crippen LogP contribution in [0.25, 0.3) is 27.8 Å². The Morgan fingerprint density at radius 1 is 1.28 bits per heavy atom. The number of azide groups is 1. The van der Waals surface area contributed by atoms with Gasteiger partial charge in [-0.05, 0) is 17.5 Å². The largest absolute Gasteiger partial charge is 0.356 e. The molecule has 0 N–H and O–H groups in total. The van der Waals surface area contributed by atoms with Gasteiger partial charge in [-0.15, -0.1) is 0 Å². The molecule has 0 amide bonds. The Morgan fingerprint density at radius 3 is 2.78 bits per heavy atom. The molecule has 1 aromatic carbocycles. The van der Waals surface area contributed by atoms with Crippen molar-refractivity contribution in [1.29, 1.82) is 0 Å². The van der Waals surface area contributed by atoms with Crippen molar-refractivity contribution in [2.24, 2.45) is 5.11 Å². The summed E-state index contributed by atoms with van der Waals surface area (Å²) in [5.74, 6) is 0.758. The summed E-state index contributed by atoms with van der Waals surface area (Å²) in [6, 6.07) is 9.79. The Labute approximate surface area is 104 Å². The van der Waals surface area contributed by atoms with Crippen LogP contribution in [0.4, 0.5) is 0 Å². The SMILES string of the molecule is [N-]=[N+]=NCCC=Cc1ccc(-c2ccno2)cc1. The van der Waals surface area contributed by atoms with Crippen LogP contribution >= 0.6 is 0 Å². The van der Waals surface area contributed by atoms with Gasteiger partial charge < -0.3 is 4.52 Å². The molecular weight excluding hydrogens is 228 g/mol. The highest BCUT2D eigenvalue weighted by Crippen LogP contribution is 2.19. The highest BCUT2D eigenvalue weighted by molar-refractivity contribution is 5.60. The molecule has 5 nitrogen and oxygen atoms in total. The lowest BCUT2D eigenvalue weighted by molar-refractivity contribution is 0.432. The van der Waals surface area contributed by atoms with Crippen molar-refractivity contribution in [2.45, 2.75) is 6.42 Å². The molecule has 0 unspecified atom stereocenters. The summed E-state index contributed by atoms with van der Waals surface area (Å²) in [5.41, 5.74) is 10.2. The fraction of sp³-hybridized carbons (Fsp3) is 0.154. The van der Waals surface area contributed by atoms with Crippen LogP contribution in [0, 0.1) is 0 Å². The Bertz CT molecular complexity index is 551. The number of hydrogen-bond acceptors (Lipinski definition) is 3. The van der Waals surface area contributed by atoms with Crippen LogP contribution in [0.1, 0.15) is 12.0 Å². The van der Waals surface area contributed by atoms with E-state index in [-0.39, 0.29) is 0 Å². The maximum absolute atomic E-state index is 8.12. The van der Waals surface area contributed by atoms with Crippen molar-refractivity contribution in [3.63, 3.8) is 0 Å². The zero-order chi connectivity index (χ0) is 12.6. The molecule has 0 aliphatic heterocycles. The molecule has 0 saturated heterocycles. The second kappa shape index (κ2) is 6.27. The number of nitrogens with zero attached hydrogens (tertiary/aromatic N) is 4. The quantitative estimate of drug-likeness (QED) is 0.342. The van der Waals surface area contributed by atoms with Crippen LogP contribution in [0.2, 0.25) is 0 Å². The molecule has 0 aliphatic rings. The van der Waals surface area contributed by atoms with Gasteiger partial charge >= 0.3 is 0 Å². The first-order valence-electron chi connectivity index (χ1n) is 5.58. The molecule has 1 aromatic heterocycles. The van der Waals surface area contributed by atoms with E-state index in [1.54, 1.807) is 6.20 Å². The van der Waals surface area contributed by atoms with Crippen LogP contribution < -0.4 is 0 Å². The van der Waals surface area contributed by atoms with Crippen molar-refractivity contribution in [1.82, 2.24) is 5.16 Å². The van der Waals surface area contributed by atoms with E-state index in [0.29, 0.717) is 6.54 Å². The van der Waals surface area contributed by atoms with E-state index >= 15 is 0 Å². The molecule has 5 heteroatoms. The normalized spacial score (nSPS) is 10.4. The molecule has 0 fully saturated rings. The van der Waals surface area contributed by atoms with Gasteiger partial charge in [0.25, 0.3) is 0 Å². The third-order valence-electron chi connectivity index (χ3n) is 2.40. The summed E-state index contributed by atoms with van der Waals surface area (Å²) in [5, 5.41) is 7.13. The minimum Gasteiger partial charge on any atom is -0.356 e. The molecular formula is C13H12N4O. The fourth-order valence-electron chi connectivity index (χ4n) is 1.52. The zero-order valence-electron chi connectivity index (χ0n) is 9.73. The van der Waals surface area contributed by atoms with E-state index in [4.69, 9.17) is 10.1 Å². The van der Waals surface area contributed by atoms with Crippen LogP contribution in [0.15, 0.2) is 52.2 Å². The standard InChI is InChI=1S/C13H12N4O/c14-17-15-9-2-1-3-11-4-6-12(7-5-11)13-8-10-16-18-13/h1,3-8,10H,2,9H2. The molecule has 0 bridgehead atoms. The third-order valence-corrected chi connectivity index (χ3v) is 2.40. The topological polar surface area (TPSA) is 74.8 Å². The minimum atomic E-state index is 0.489. The fourth-order valence-corrected chi connectivity index (χ4v) is 1.52. The van der Waals surface area contributed by atoms with E-state index in [2.05, 4.69) is 15.2 Å². The molecule has 0 atom stereocenters. The summed E-state index contributed by atoms with van der Waals surface area (Å²) >= 11 is 0. The highest BCUT2D eigenvalue weighted by Gasteiger charge is 1.99. The number of aromatic nitrogens is 1. The first-order valence-corrected chi connectivity index (χ1v) is 5.58. The van der Waals surface area contributed by atoms with Crippen molar-refractivity contribution < 1.29 is 4.52 Å².